The van der Waals surface area contributed by atoms with Gasteiger partial charge in [0.05, 0.1) is 12.1 Å². The van der Waals surface area contributed by atoms with Crippen LogP contribution < -0.4 is 10.6 Å². The highest BCUT2D eigenvalue weighted by Crippen LogP contribution is 2.22. The first-order chi connectivity index (χ1) is 8.39. The van der Waals surface area contributed by atoms with Crippen molar-refractivity contribution in [2.75, 3.05) is 30.9 Å². The Balaban J connectivity index is 2.98. The molecule has 0 unspecified atom stereocenters. The summed E-state index contributed by atoms with van der Waals surface area (Å²) in [4.78, 5) is 3.90. The number of rotatable bonds is 6. The fourth-order valence-corrected chi connectivity index (χ4v) is 1.56. The predicted molar refractivity (Wildman–Crippen MR) is 67.9 cm³/mol. The first-order valence-electron chi connectivity index (χ1n) is 5.76. The van der Waals surface area contributed by atoms with Crippen molar-refractivity contribution < 1.29 is 13.5 Å². The summed E-state index contributed by atoms with van der Waals surface area (Å²) in [7, 11) is 1.56. The average Bonchev–Trinajstić information content (AvgIpc) is 2.25. The van der Waals surface area contributed by atoms with Crippen LogP contribution in [-0.2, 0) is 4.74 Å². The van der Waals surface area contributed by atoms with Crippen LogP contribution in [0.25, 0.3) is 0 Å². The van der Waals surface area contributed by atoms with Crippen molar-refractivity contribution in [3.8, 4) is 0 Å². The summed E-state index contributed by atoms with van der Waals surface area (Å²) >= 11 is 0. The summed E-state index contributed by atoms with van der Waals surface area (Å²) in [5.74, 6) is -1.38. The number of ether oxygens (including phenoxy) is 1. The zero-order chi connectivity index (χ0) is 13.8. The average molecular weight is 259 g/mol. The molecule has 0 aliphatic carbocycles. The van der Waals surface area contributed by atoms with Crippen LogP contribution in [0.4, 0.5) is 20.4 Å². The summed E-state index contributed by atoms with van der Waals surface area (Å²) in [5, 5.41) is 5.63. The molecule has 0 saturated carbocycles. The van der Waals surface area contributed by atoms with Crippen LogP contribution in [0.3, 0.4) is 0 Å². The molecule has 1 aromatic heterocycles. The number of methoxy groups -OCH3 is 1. The van der Waals surface area contributed by atoms with Crippen LogP contribution in [0.2, 0.25) is 0 Å². The van der Waals surface area contributed by atoms with E-state index in [0.717, 1.165) is 6.07 Å². The van der Waals surface area contributed by atoms with Gasteiger partial charge in [0.15, 0.2) is 23.3 Å². The SMILES string of the molecule is CCNc1nc(NC(C)(C)COC)c(F)cc1F. The quantitative estimate of drug-likeness (QED) is 0.824. The van der Waals surface area contributed by atoms with Crippen LogP contribution in [0.5, 0.6) is 0 Å². The Hall–Kier alpha value is -1.43. The molecule has 0 radical (unpaired) electrons. The molecule has 18 heavy (non-hydrogen) atoms. The first-order valence-corrected chi connectivity index (χ1v) is 5.76. The Labute approximate surface area is 106 Å². The Kier molecular flexibility index (Phi) is 4.84. The molecule has 2 N–H and O–H groups in total. The van der Waals surface area contributed by atoms with E-state index in [-0.39, 0.29) is 11.6 Å². The number of pyridine rings is 1. The molecule has 0 aromatic carbocycles. The zero-order valence-corrected chi connectivity index (χ0v) is 11.1. The molecular weight excluding hydrogens is 240 g/mol. The molecule has 0 saturated heterocycles. The van der Waals surface area contributed by atoms with Crippen molar-refractivity contribution >= 4 is 11.6 Å². The topological polar surface area (TPSA) is 46.2 Å². The fourth-order valence-electron chi connectivity index (χ4n) is 1.56. The minimum absolute atomic E-state index is 0.00870. The Morgan fingerprint density at radius 2 is 1.89 bits per heavy atom. The first kappa shape index (κ1) is 14.6. The third kappa shape index (κ3) is 3.80. The van der Waals surface area contributed by atoms with Gasteiger partial charge in [0, 0.05) is 19.7 Å². The van der Waals surface area contributed by atoms with Crippen LogP contribution in [0.15, 0.2) is 6.07 Å². The van der Waals surface area contributed by atoms with Crippen LogP contribution in [0, 0.1) is 11.6 Å². The van der Waals surface area contributed by atoms with Crippen molar-refractivity contribution in [2.24, 2.45) is 0 Å². The molecule has 6 heteroatoms. The standard InChI is InChI=1S/C12H19F2N3O/c1-5-15-10-8(13)6-9(14)11(16-10)17-12(2,3)7-18-4/h6H,5,7H2,1-4H3,(H2,15,16,17). The second kappa shape index (κ2) is 5.95. The Morgan fingerprint density at radius 1 is 1.28 bits per heavy atom. The lowest BCUT2D eigenvalue weighted by molar-refractivity contribution is 0.158. The Morgan fingerprint density at radius 3 is 2.44 bits per heavy atom. The third-order valence-corrected chi connectivity index (χ3v) is 2.24. The van der Waals surface area contributed by atoms with E-state index in [2.05, 4.69) is 15.6 Å². The van der Waals surface area contributed by atoms with Crippen molar-refractivity contribution in [1.82, 2.24) is 4.98 Å². The highest BCUT2D eigenvalue weighted by molar-refractivity contribution is 5.48. The highest BCUT2D eigenvalue weighted by atomic mass is 19.1. The molecule has 0 amide bonds. The molecular formula is C12H19F2N3O. The Bertz CT molecular complexity index is 411. The maximum Gasteiger partial charge on any atom is 0.168 e. The monoisotopic (exact) mass is 259 g/mol. The van der Waals surface area contributed by atoms with Gasteiger partial charge in [-0.05, 0) is 20.8 Å². The van der Waals surface area contributed by atoms with Crippen molar-refractivity contribution in [2.45, 2.75) is 26.3 Å². The van der Waals surface area contributed by atoms with E-state index in [1.54, 1.807) is 7.11 Å². The molecule has 0 bridgehead atoms. The van der Waals surface area contributed by atoms with Gasteiger partial charge in [-0.15, -0.1) is 0 Å². The van der Waals surface area contributed by atoms with Gasteiger partial charge in [-0.3, -0.25) is 0 Å². The number of anilines is 2. The lowest BCUT2D eigenvalue weighted by Gasteiger charge is -2.26. The number of nitrogens with one attached hydrogen (secondary N) is 2. The third-order valence-electron chi connectivity index (χ3n) is 2.24. The normalized spacial score (nSPS) is 11.4. The summed E-state index contributed by atoms with van der Waals surface area (Å²) < 4.78 is 32.0. The number of hydrogen-bond donors (Lipinski definition) is 2. The van der Waals surface area contributed by atoms with Crippen LogP contribution in [-0.4, -0.2) is 30.8 Å². The van der Waals surface area contributed by atoms with E-state index in [9.17, 15) is 8.78 Å². The molecule has 4 nitrogen and oxygen atoms in total. The van der Waals surface area contributed by atoms with E-state index in [1.807, 2.05) is 20.8 Å². The number of hydrogen-bond acceptors (Lipinski definition) is 4. The molecule has 1 heterocycles. The van der Waals surface area contributed by atoms with E-state index in [4.69, 9.17) is 4.74 Å². The molecule has 0 aliphatic rings. The van der Waals surface area contributed by atoms with E-state index in [0.29, 0.717) is 13.2 Å². The summed E-state index contributed by atoms with van der Waals surface area (Å²) in [6.45, 7) is 6.38. The lowest BCUT2D eigenvalue weighted by Crippen LogP contribution is -2.36. The molecule has 0 atom stereocenters. The number of aromatic nitrogens is 1. The second-order valence-corrected chi connectivity index (χ2v) is 4.62. The van der Waals surface area contributed by atoms with Gasteiger partial charge in [0.25, 0.3) is 0 Å². The van der Waals surface area contributed by atoms with Gasteiger partial charge >= 0.3 is 0 Å². The number of halogens is 2. The van der Waals surface area contributed by atoms with Gasteiger partial charge in [-0.2, -0.15) is 0 Å². The van der Waals surface area contributed by atoms with Gasteiger partial charge in [-0.1, -0.05) is 0 Å². The molecule has 1 aromatic rings. The second-order valence-electron chi connectivity index (χ2n) is 4.62. The molecule has 102 valence electrons. The van der Waals surface area contributed by atoms with E-state index in [1.165, 1.54) is 0 Å². The zero-order valence-electron chi connectivity index (χ0n) is 11.1. The maximum absolute atomic E-state index is 13.6. The fraction of sp³-hybridized carbons (Fsp3) is 0.583. The van der Waals surface area contributed by atoms with Crippen molar-refractivity contribution in [1.29, 1.82) is 0 Å². The van der Waals surface area contributed by atoms with Gasteiger partial charge in [0.1, 0.15) is 0 Å². The predicted octanol–water partition coefficient (Wildman–Crippen LogP) is 2.63. The molecule has 0 spiro atoms. The van der Waals surface area contributed by atoms with Gasteiger partial charge < -0.3 is 15.4 Å². The van der Waals surface area contributed by atoms with E-state index < -0.39 is 17.2 Å². The molecule has 1 rings (SSSR count). The lowest BCUT2D eigenvalue weighted by atomic mass is 10.1. The molecule has 0 aliphatic heterocycles. The largest absolute Gasteiger partial charge is 0.382 e. The smallest absolute Gasteiger partial charge is 0.168 e. The van der Waals surface area contributed by atoms with Crippen LogP contribution in [0.1, 0.15) is 20.8 Å². The van der Waals surface area contributed by atoms with Crippen molar-refractivity contribution in [3.63, 3.8) is 0 Å². The minimum atomic E-state index is -0.724. The summed E-state index contributed by atoms with van der Waals surface area (Å²) in [5.41, 5.74) is -0.496. The summed E-state index contributed by atoms with van der Waals surface area (Å²) in [6.07, 6.45) is 0. The molecule has 0 fully saturated rings. The van der Waals surface area contributed by atoms with Gasteiger partial charge in [-0.25, -0.2) is 13.8 Å². The minimum Gasteiger partial charge on any atom is -0.382 e. The number of nitrogens with zero attached hydrogens (tertiary/aromatic N) is 1. The summed E-state index contributed by atoms with van der Waals surface area (Å²) in [6, 6.07) is 0.816. The van der Waals surface area contributed by atoms with Crippen LogP contribution >= 0.6 is 0 Å². The highest BCUT2D eigenvalue weighted by Gasteiger charge is 2.21. The maximum atomic E-state index is 13.6. The van der Waals surface area contributed by atoms with E-state index >= 15 is 0 Å². The van der Waals surface area contributed by atoms with Crippen molar-refractivity contribution in [3.05, 3.63) is 17.7 Å². The van der Waals surface area contributed by atoms with Gasteiger partial charge in [0.2, 0.25) is 0 Å².